The molecule has 3 atom stereocenters. The van der Waals surface area contributed by atoms with Crippen LogP contribution in [0.5, 0.6) is 0 Å². The van der Waals surface area contributed by atoms with Crippen molar-refractivity contribution in [2.24, 2.45) is 5.11 Å². The lowest BCUT2D eigenvalue weighted by Gasteiger charge is -2.16. The number of unbranched alkanes of at least 4 members (excludes halogenated alkanes) is 1. The van der Waals surface area contributed by atoms with Gasteiger partial charge in [0.25, 0.3) is 0 Å². The molecule has 0 unspecified atom stereocenters. The molecule has 0 aliphatic carbocycles. The van der Waals surface area contributed by atoms with E-state index in [9.17, 15) is 14.4 Å². The Morgan fingerprint density at radius 1 is 0.979 bits per heavy atom. The van der Waals surface area contributed by atoms with Gasteiger partial charge in [0.2, 0.25) is 11.8 Å². The number of ether oxygens (including phenoxy) is 4. The highest BCUT2D eigenvalue weighted by molar-refractivity contribution is 8.00. The largest absolute Gasteiger partial charge is 0.377 e. The lowest BCUT2D eigenvalue weighted by atomic mass is 10.0. The molecular weight excluding hydrogens is 640 g/mol. The van der Waals surface area contributed by atoms with E-state index in [4.69, 9.17) is 24.5 Å². The number of amides is 4. The Morgan fingerprint density at radius 3 is 2.42 bits per heavy atom. The number of carbonyl (C=O) groups excluding carboxylic acids is 3. The van der Waals surface area contributed by atoms with Gasteiger partial charge in [-0.3, -0.25) is 14.6 Å². The summed E-state index contributed by atoms with van der Waals surface area (Å²) in [5, 5.41) is 16.4. The van der Waals surface area contributed by atoms with Gasteiger partial charge in [-0.15, -0.1) is 0 Å². The van der Waals surface area contributed by atoms with E-state index >= 15 is 0 Å². The van der Waals surface area contributed by atoms with Gasteiger partial charge in [0.15, 0.2) is 0 Å². The van der Waals surface area contributed by atoms with Crippen molar-refractivity contribution in [3.63, 3.8) is 0 Å². The number of hydrogen-bond donors (Lipinski definition) is 4. The van der Waals surface area contributed by atoms with Crippen molar-refractivity contribution < 1.29 is 33.3 Å². The third-order valence-corrected chi connectivity index (χ3v) is 9.09. The van der Waals surface area contributed by atoms with Crippen LogP contribution in [-0.4, -0.2) is 112 Å². The SMILES string of the molecule is [N-]=[N+]=Nc1ccc2ncc(/C=C/C(=O)NCCOCCOCCOCCOCCNC(=O)CCCC[C@@H]3SC[C@@H]4NC(=O)N[C@@H]43)cc2c1. The van der Waals surface area contributed by atoms with Crippen LogP contribution >= 0.6 is 11.8 Å². The van der Waals surface area contributed by atoms with Crippen molar-refractivity contribution in [1.82, 2.24) is 26.3 Å². The minimum Gasteiger partial charge on any atom is -0.377 e. The van der Waals surface area contributed by atoms with Crippen LogP contribution in [0.1, 0.15) is 31.2 Å². The normalized spacial score (nSPS) is 18.3. The molecule has 2 saturated heterocycles. The number of fused-ring (bicyclic) bond motifs is 2. The summed E-state index contributed by atoms with van der Waals surface area (Å²) < 4.78 is 21.9. The quantitative estimate of drug-likeness (QED) is 0.0339. The molecule has 260 valence electrons. The van der Waals surface area contributed by atoms with Crippen LogP contribution in [0.25, 0.3) is 27.4 Å². The second-order valence-electron chi connectivity index (χ2n) is 11.1. The Hall–Kier alpha value is -3.92. The number of azide groups is 1. The van der Waals surface area contributed by atoms with Crippen molar-refractivity contribution in [3.8, 4) is 0 Å². The first-order chi connectivity index (χ1) is 23.5. The first-order valence-electron chi connectivity index (χ1n) is 16.2. The maximum atomic E-state index is 12.1. The molecule has 0 radical (unpaired) electrons. The number of nitrogens with one attached hydrogen (secondary N) is 4. The summed E-state index contributed by atoms with van der Waals surface area (Å²) in [6.45, 7) is 4.18. The fraction of sp³-hybridized carbons (Fsp3) is 0.562. The van der Waals surface area contributed by atoms with Crippen LogP contribution in [0.15, 0.2) is 41.7 Å². The molecular formula is C32H44N8O7S. The lowest BCUT2D eigenvalue weighted by Crippen LogP contribution is -2.36. The smallest absolute Gasteiger partial charge is 0.315 e. The molecule has 4 rings (SSSR count). The van der Waals surface area contributed by atoms with Gasteiger partial charge in [-0.1, -0.05) is 17.6 Å². The van der Waals surface area contributed by atoms with Crippen molar-refractivity contribution in [1.29, 1.82) is 0 Å². The molecule has 2 aliphatic rings. The van der Waals surface area contributed by atoms with Gasteiger partial charge in [-0.05, 0) is 48.2 Å². The van der Waals surface area contributed by atoms with Crippen LogP contribution in [0.3, 0.4) is 0 Å². The lowest BCUT2D eigenvalue weighted by molar-refractivity contribution is -0.121. The van der Waals surface area contributed by atoms with Gasteiger partial charge < -0.3 is 40.2 Å². The molecule has 0 bridgehead atoms. The topological polar surface area (TPSA) is 198 Å². The molecule has 0 saturated carbocycles. The Labute approximate surface area is 283 Å². The summed E-state index contributed by atoms with van der Waals surface area (Å²) in [5.41, 5.74) is 10.6. The van der Waals surface area contributed by atoms with E-state index in [1.54, 1.807) is 30.5 Å². The molecule has 15 nitrogen and oxygen atoms in total. The zero-order valence-electron chi connectivity index (χ0n) is 26.9. The van der Waals surface area contributed by atoms with Crippen LogP contribution in [0.2, 0.25) is 0 Å². The molecule has 2 aliphatic heterocycles. The molecule has 0 spiro atoms. The number of aromatic nitrogens is 1. The van der Waals surface area contributed by atoms with Gasteiger partial charge in [0.05, 0.1) is 70.5 Å². The van der Waals surface area contributed by atoms with E-state index < -0.39 is 0 Å². The minimum atomic E-state index is -0.247. The molecule has 16 heteroatoms. The van der Waals surface area contributed by atoms with Crippen molar-refractivity contribution in [2.75, 3.05) is 71.7 Å². The van der Waals surface area contributed by atoms with E-state index in [1.807, 2.05) is 17.8 Å². The Balaban J connectivity index is 0.878. The fourth-order valence-corrected chi connectivity index (χ4v) is 6.75. The molecule has 3 heterocycles. The summed E-state index contributed by atoms with van der Waals surface area (Å²) in [6.07, 6.45) is 8.05. The third-order valence-electron chi connectivity index (χ3n) is 7.58. The Bertz CT molecular complexity index is 1420. The molecule has 4 amide bonds. The van der Waals surface area contributed by atoms with E-state index in [0.717, 1.165) is 41.5 Å². The van der Waals surface area contributed by atoms with Gasteiger partial charge in [-0.25, -0.2) is 4.79 Å². The monoisotopic (exact) mass is 684 g/mol. The first kappa shape index (κ1) is 36.9. The predicted molar refractivity (Wildman–Crippen MR) is 183 cm³/mol. The highest BCUT2D eigenvalue weighted by atomic mass is 32.2. The highest BCUT2D eigenvalue weighted by Gasteiger charge is 2.42. The molecule has 48 heavy (non-hydrogen) atoms. The summed E-state index contributed by atoms with van der Waals surface area (Å²) in [6, 6.07) is 7.46. The zero-order chi connectivity index (χ0) is 33.8. The first-order valence-corrected chi connectivity index (χ1v) is 17.2. The van der Waals surface area contributed by atoms with Crippen molar-refractivity contribution in [2.45, 2.75) is 43.0 Å². The van der Waals surface area contributed by atoms with Crippen LogP contribution in [0, 0.1) is 0 Å². The molecule has 2 aromatic rings. The predicted octanol–water partition coefficient (Wildman–Crippen LogP) is 3.21. The summed E-state index contributed by atoms with van der Waals surface area (Å²) in [7, 11) is 0. The van der Waals surface area contributed by atoms with E-state index in [1.165, 1.54) is 6.08 Å². The Kier molecular flexibility index (Phi) is 16.2. The van der Waals surface area contributed by atoms with Gasteiger partial charge in [-0.2, -0.15) is 11.8 Å². The summed E-state index contributed by atoms with van der Waals surface area (Å²) in [4.78, 5) is 42.7. The molecule has 2 fully saturated rings. The summed E-state index contributed by atoms with van der Waals surface area (Å²) in [5.74, 6) is 0.734. The number of benzene rings is 1. The second kappa shape index (κ2) is 21.1. The number of rotatable bonds is 23. The number of urea groups is 1. The number of nitrogens with zero attached hydrogens (tertiary/aromatic N) is 4. The highest BCUT2D eigenvalue weighted by Crippen LogP contribution is 2.33. The van der Waals surface area contributed by atoms with Crippen LogP contribution < -0.4 is 21.3 Å². The number of hydrogen-bond acceptors (Lipinski definition) is 10. The van der Waals surface area contributed by atoms with E-state index in [-0.39, 0.29) is 29.9 Å². The van der Waals surface area contributed by atoms with Crippen LogP contribution in [0.4, 0.5) is 10.5 Å². The molecule has 1 aromatic heterocycles. The summed E-state index contributed by atoms with van der Waals surface area (Å²) >= 11 is 1.89. The maximum Gasteiger partial charge on any atom is 0.315 e. The van der Waals surface area contributed by atoms with E-state index in [0.29, 0.717) is 83.3 Å². The third kappa shape index (κ3) is 13.3. The van der Waals surface area contributed by atoms with E-state index in [2.05, 4.69) is 36.3 Å². The average molecular weight is 685 g/mol. The van der Waals surface area contributed by atoms with Gasteiger partial charge in [0.1, 0.15) is 0 Å². The minimum absolute atomic E-state index is 0.0296. The number of thioether (sulfide) groups is 1. The standard InChI is InChI=1S/C32H44N8O7S/c33-40-39-25-6-7-26-24(20-25)19-23(21-36-26)5-8-30(42)35-10-12-45-14-16-47-18-17-46-15-13-44-11-9-34-29(41)4-2-1-3-28-31-27(22-48-28)37-32(43)38-31/h5-8,19-21,27-28,31H,1-4,9-18,22H2,(H,34,41)(H,35,42)(H2,37,38,43)/b8-5+/t27-,28-,31-/m0/s1. The fourth-order valence-electron chi connectivity index (χ4n) is 5.21. The average Bonchev–Trinajstić information content (AvgIpc) is 3.64. The van der Waals surface area contributed by atoms with Crippen molar-refractivity contribution in [3.05, 3.63) is 52.5 Å². The molecule has 1 aromatic carbocycles. The zero-order valence-corrected chi connectivity index (χ0v) is 27.8. The van der Waals surface area contributed by atoms with Crippen molar-refractivity contribution >= 4 is 52.3 Å². The molecule has 4 N–H and O–H groups in total. The second-order valence-corrected chi connectivity index (χ2v) is 12.4. The van der Waals surface area contributed by atoms with Gasteiger partial charge in [0, 0.05) is 58.8 Å². The number of carbonyl (C=O) groups is 3. The van der Waals surface area contributed by atoms with Gasteiger partial charge >= 0.3 is 6.03 Å². The van der Waals surface area contributed by atoms with Crippen LogP contribution in [-0.2, 0) is 28.5 Å². The number of pyridine rings is 1. The maximum absolute atomic E-state index is 12.1. The Morgan fingerprint density at radius 2 is 1.69 bits per heavy atom.